The second-order valence-electron chi connectivity index (χ2n) is 5.44. The molecule has 1 amide bonds. The first-order valence-electron chi connectivity index (χ1n) is 7.70. The van der Waals surface area contributed by atoms with Crippen LogP contribution in [0.3, 0.4) is 0 Å². The summed E-state index contributed by atoms with van der Waals surface area (Å²) in [5, 5.41) is 10.5. The Bertz CT molecular complexity index is 374. The number of amides is 1. The molecule has 1 fully saturated rings. The van der Waals surface area contributed by atoms with Crippen LogP contribution in [0.2, 0.25) is 0 Å². The van der Waals surface area contributed by atoms with Crippen molar-refractivity contribution in [3.63, 3.8) is 0 Å². The average Bonchev–Trinajstić information content (AvgIpc) is 2.98. The van der Waals surface area contributed by atoms with Gasteiger partial charge in [0.1, 0.15) is 0 Å². The Balaban J connectivity index is 1.45. The summed E-state index contributed by atoms with van der Waals surface area (Å²) >= 11 is 2.03. The summed E-state index contributed by atoms with van der Waals surface area (Å²) in [6, 6.07) is 0. The molecule has 0 spiro atoms. The summed E-state index contributed by atoms with van der Waals surface area (Å²) in [4.78, 5) is 11.7. The Kier molecular flexibility index (Phi) is 6.98. The number of nitrogens with one attached hydrogen (secondary N) is 2. The molecule has 0 atom stereocenters. The number of thioether (sulfide) groups is 1. The SMILES string of the molecule is O=C(CCCc1cn[nH]c1)NCCSC1CCCCC1. The highest BCUT2D eigenvalue weighted by Crippen LogP contribution is 2.27. The first-order chi connectivity index (χ1) is 9.84. The molecule has 1 aliphatic carbocycles. The van der Waals surface area contributed by atoms with E-state index in [9.17, 15) is 4.79 Å². The zero-order valence-electron chi connectivity index (χ0n) is 12.1. The van der Waals surface area contributed by atoms with Gasteiger partial charge in [0.25, 0.3) is 0 Å². The molecule has 0 unspecified atom stereocenters. The zero-order valence-corrected chi connectivity index (χ0v) is 12.9. The van der Waals surface area contributed by atoms with E-state index < -0.39 is 0 Å². The highest BCUT2D eigenvalue weighted by atomic mass is 32.2. The fourth-order valence-electron chi connectivity index (χ4n) is 2.60. The molecule has 0 radical (unpaired) electrons. The molecule has 1 aromatic heterocycles. The van der Waals surface area contributed by atoms with E-state index in [0.29, 0.717) is 6.42 Å². The second-order valence-corrected chi connectivity index (χ2v) is 6.85. The molecule has 1 aromatic rings. The fraction of sp³-hybridized carbons (Fsp3) is 0.733. The van der Waals surface area contributed by atoms with Gasteiger partial charge in [0.2, 0.25) is 5.91 Å². The molecule has 112 valence electrons. The Hall–Kier alpha value is -0.970. The van der Waals surface area contributed by atoms with Gasteiger partial charge in [-0.05, 0) is 31.2 Å². The lowest BCUT2D eigenvalue weighted by Gasteiger charge is -2.20. The van der Waals surface area contributed by atoms with E-state index in [-0.39, 0.29) is 5.91 Å². The largest absolute Gasteiger partial charge is 0.355 e. The minimum Gasteiger partial charge on any atom is -0.355 e. The van der Waals surface area contributed by atoms with Gasteiger partial charge in [-0.15, -0.1) is 0 Å². The van der Waals surface area contributed by atoms with Gasteiger partial charge < -0.3 is 5.32 Å². The summed E-state index contributed by atoms with van der Waals surface area (Å²) in [6.45, 7) is 0.811. The predicted octanol–water partition coefficient (Wildman–Crippen LogP) is 2.91. The van der Waals surface area contributed by atoms with Crippen molar-refractivity contribution in [2.45, 2.75) is 56.6 Å². The van der Waals surface area contributed by atoms with E-state index in [1.165, 1.54) is 37.7 Å². The minimum atomic E-state index is 0.178. The third kappa shape index (κ3) is 5.99. The maximum Gasteiger partial charge on any atom is 0.220 e. The molecule has 0 saturated heterocycles. The summed E-state index contributed by atoms with van der Waals surface area (Å²) in [5.74, 6) is 1.23. The van der Waals surface area contributed by atoms with E-state index >= 15 is 0 Å². The molecule has 4 nitrogen and oxygen atoms in total. The van der Waals surface area contributed by atoms with Crippen molar-refractivity contribution in [1.82, 2.24) is 15.5 Å². The highest BCUT2D eigenvalue weighted by molar-refractivity contribution is 7.99. The third-order valence-corrected chi connectivity index (χ3v) is 5.14. The van der Waals surface area contributed by atoms with Crippen molar-refractivity contribution in [3.05, 3.63) is 18.0 Å². The van der Waals surface area contributed by atoms with Gasteiger partial charge in [0.05, 0.1) is 6.20 Å². The van der Waals surface area contributed by atoms with Crippen LogP contribution in [0.1, 0.15) is 50.5 Å². The molecule has 1 saturated carbocycles. The maximum absolute atomic E-state index is 11.7. The molecule has 2 rings (SSSR count). The highest BCUT2D eigenvalue weighted by Gasteiger charge is 2.13. The van der Waals surface area contributed by atoms with E-state index in [2.05, 4.69) is 15.5 Å². The van der Waals surface area contributed by atoms with Crippen LogP contribution < -0.4 is 5.32 Å². The van der Waals surface area contributed by atoms with Gasteiger partial charge in [-0.25, -0.2) is 0 Å². The number of H-pyrrole nitrogens is 1. The van der Waals surface area contributed by atoms with Crippen LogP contribution in [-0.2, 0) is 11.2 Å². The Morgan fingerprint density at radius 2 is 2.25 bits per heavy atom. The van der Waals surface area contributed by atoms with Crippen molar-refractivity contribution in [2.75, 3.05) is 12.3 Å². The van der Waals surface area contributed by atoms with Crippen molar-refractivity contribution < 1.29 is 4.79 Å². The number of nitrogens with zero attached hydrogens (tertiary/aromatic N) is 1. The first kappa shape index (κ1) is 15.4. The van der Waals surface area contributed by atoms with Gasteiger partial charge in [-0.1, -0.05) is 19.3 Å². The molecule has 1 heterocycles. The standard InChI is InChI=1S/C15H25N3OS/c19-15(8-4-5-13-11-17-18-12-13)16-9-10-20-14-6-2-1-3-7-14/h11-12,14H,1-10H2,(H,16,19)(H,17,18). The van der Waals surface area contributed by atoms with Crippen LogP contribution in [-0.4, -0.2) is 33.7 Å². The number of hydrogen-bond donors (Lipinski definition) is 2. The number of carbonyl (C=O) groups excluding carboxylic acids is 1. The lowest BCUT2D eigenvalue weighted by Crippen LogP contribution is -2.26. The maximum atomic E-state index is 11.7. The van der Waals surface area contributed by atoms with Gasteiger partial charge in [0, 0.05) is 30.2 Å². The quantitative estimate of drug-likeness (QED) is 0.725. The topological polar surface area (TPSA) is 57.8 Å². The van der Waals surface area contributed by atoms with Crippen LogP contribution in [0.25, 0.3) is 0 Å². The van der Waals surface area contributed by atoms with E-state index in [1.807, 2.05) is 24.2 Å². The van der Waals surface area contributed by atoms with Crippen molar-refractivity contribution >= 4 is 17.7 Å². The van der Waals surface area contributed by atoms with Gasteiger partial charge in [-0.3, -0.25) is 9.89 Å². The number of aromatic amines is 1. The zero-order chi connectivity index (χ0) is 14.0. The van der Waals surface area contributed by atoms with Gasteiger partial charge >= 0.3 is 0 Å². The summed E-state index contributed by atoms with van der Waals surface area (Å²) in [7, 11) is 0. The van der Waals surface area contributed by atoms with Crippen molar-refractivity contribution in [3.8, 4) is 0 Å². The molecule has 2 N–H and O–H groups in total. The lowest BCUT2D eigenvalue weighted by atomic mass is 10.0. The van der Waals surface area contributed by atoms with Crippen LogP contribution in [0.5, 0.6) is 0 Å². The van der Waals surface area contributed by atoms with E-state index in [4.69, 9.17) is 0 Å². The Labute approximate surface area is 125 Å². The lowest BCUT2D eigenvalue weighted by molar-refractivity contribution is -0.121. The smallest absolute Gasteiger partial charge is 0.220 e. The molecule has 0 bridgehead atoms. The molecule has 0 aromatic carbocycles. The van der Waals surface area contributed by atoms with Crippen LogP contribution in [0, 0.1) is 0 Å². The number of carbonyl (C=O) groups is 1. The minimum absolute atomic E-state index is 0.178. The predicted molar refractivity (Wildman–Crippen MR) is 83.9 cm³/mol. The Morgan fingerprint density at radius 3 is 3.00 bits per heavy atom. The molecular formula is C15H25N3OS. The van der Waals surface area contributed by atoms with Gasteiger partial charge in [0.15, 0.2) is 0 Å². The molecule has 20 heavy (non-hydrogen) atoms. The number of aromatic nitrogens is 2. The average molecular weight is 295 g/mol. The molecule has 0 aliphatic heterocycles. The van der Waals surface area contributed by atoms with Crippen molar-refractivity contribution in [2.24, 2.45) is 0 Å². The number of rotatable bonds is 8. The summed E-state index contributed by atoms with van der Waals surface area (Å²) in [5.41, 5.74) is 1.17. The molecule has 5 heteroatoms. The number of hydrogen-bond acceptors (Lipinski definition) is 3. The normalized spacial score (nSPS) is 16.2. The third-order valence-electron chi connectivity index (χ3n) is 3.75. The Morgan fingerprint density at radius 1 is 1.40 bits per heavy atom. The monoisotopic (exact) mass is 295 g/mol. The van der Waals surface area contributed by atoms with Crippen LogP contribution in [0.4, 0.5) is 0 Å². The second kappa shape index (κ2) is 9.06. The first-order valence-corrected chi connectivity index (χ1v) is 8.75. The summed E-state index contributed by atoms with van der Waals surface area (Å²) < 4.78 is 0. The van der Waals surface area contributed by atoms with E-state index in [0.717, 1.165) is 30.4 Å². The van der Waals surface area contributed by atoms with Crippen molar-refractivity contribution in [1.29, 1.82) is 0 Å². The van der Waals surface area contributed by atoms with Crippen LogP contribution >= 0.6 is 11.8 Å². The van der Waals surface area contributed by atoms with Gasteiger partial charge in [-0.2, -0.15) is 16.9 Å². The molecule has 1 aliphatic rings. The molecular weight excluding hydrogens is 270 g/mol. The number of aryl methyl sites for hydroxylation is 1. The fourth-order valence-corrected chi connectivity index (χ4v) is 3.82. The van der Waals surface area contributed by atoms with E-state index in [1.54, 1.807) is 0 Å². The van der Waals surface area contributed by atoms with Crippen LogP contribution in [0.15, 0.2) is 12.4 Å². The summed E-state index contributed by atoms with van der Waals surface area (Å²) in [6.07, 6.45) is 13.0.